The summed E-state index contributed by atoms with van der Waals surface area (Å²) >= 11 is 3.33. The fourth-order valence-corrected chi connectivity index (χ4v) is 1.48. The normalized spacial score (nSPS) is 12.4. The largest absolute Gasteiger partial charge is 0.481 e. The minimum atomic E-state index is -0.852. The van der Waals surface area contributed by atoms with Crippen LogP contribution in [0.1, 0.15) is 12.0 Å². The fourth-order valence-electron chi connectivity index (χ4n) is 1.22. The molecule has 0 fully saturated rings. The van der Waals surface area contributed by atoms with Gasteiger partial charge in [0.25, 0.3) is 0 Å². The van der Waals surface area contributed by atoms with E-state index >= 15 is 0 Å². The van der Waals surface area contributed by atoms with Gasteiger partial charge in [0.05, 0.1) is 6.42 Å². The first-order chi connectivity index (χ1) is 6.58. The van der Waals surface area contributed by atoms with E-state index < -0.39 is 5.97 Å². The van der Waals surface area contributed by atoms with Crippen LogP contribution >= 0.6 is 15.9 Å². The van der Waals surface area contributed by atoms with Crippen molar-refractivity contribution in [3.8, 4) is 0 Å². The molecule has 1 aromatic carbocycles. The molecule has 14 heavy (non-hydrogen) atoms. The molecule has 0 spiro atoms. The Balaban J connectivity index is 2.51. The molecule has 0 radical (unpaired) electrons. The summed E-state index contributed by atoms with van der Waals surface area (Å²) in [5.74, 6) is -0.852. The molecule has 1 atom stereocenters. The van der Waals surface area contributed by atoms with Crippen molar-refractivity contribution < 1.29 is 9.90 Å². The summed E-state index contributed by atoms with van der Waals surface area (Å²) in [6.45, 7) is 0. The van der Waals surface area contributed by atoms with Crippen molar-refractivity contribution in [3.05, 3.63) is 34.3 Å². The molecule has 0 aromatic heterocycles. The number of hydrogen-bond donors (Lipinski definition) is 2. The molecule has 0 saturated heterocycles. The van der Waals surface area contributed by atoms with Crippen molar-refractivity contribution in [1.29, 1.82) is 0 Å². The SMILES string of the molecule is N[C@H](CC(=O)O)Cc1ccc(Br)cc1. The third-order valence-electron chi connectivity index (χ3n) is 1.85. The Kier molecular flexibility index (Phi) is 4.10. The van der Waals surface area contributed by atoms with Crippen LogP contribution in [0.4, 0.5) is 0 Å². The summed E-state index contributed by atoms with van der Waals surface area (Å²) in [5, 5.41) is 8.52. The molecule has 1 rings (SSSR count). The van der Waals surface area contributed by atoms with Crippen LogP contribution in [0, 0.1) is 0 Å². The Bertz CT molecular complexity index is 310. The maximum absolute atomic E-state index is 10.4. The summed E-state index contributed by atoms with van der Waals surface area (Å²) in [6, 6.07) is 7.40. The highest BCUT2D eigenvalue weighted by Crippen LogP contribution is 2.12. The summed E-state index contributed by atoms with van der Waals surface area (Å²) in [5.41, 5.74) is 6.71. The van der Waals surface area contributed by atoms with Gasteiger partial charge in [0.1, 0.15) is 0 Å². The number of nitrogens with two attached hydrogens (primary N) is 1. The summed E-state index contributed by atoms with van der Waals surface area (Å²) in [7, 11) is 0. The zero-order chi connectivity index (χ0) is 10.6. The maximum atomic E-state index is 10.4. The first-order valence-corrected chi connectivity index (χ1v) is 5.09. The molecule has 3 nitrogen and oxygen atoms in total. The number of halogens is 1. The van der Waals surface area contributed by atoms with Gasteiger partial charge in [-0.2, -0.15) is 0 Å². The number of carbonyl (C=O) groups is 1. The molecule has 0 bridgehead atoms. The topological polar surface area (TPSA) is 63.3 Å². The molecule has 0 aliphatic rings. The van der Waals surface area contributed by atoms with Crippen molar-refractivity contribution >= 4 is 21.9 Å². The second-order valence-corrected chi connectivity index (χ2v) is 4.10. The Morgan fingerprint density at radius 1 is 1.43 bits per heavy atom. The molecule has 76 valence electrons. The first-order valence-electron chi connectivity index (χ1n) is 4.30. The van der Waals surface area contributed by atoms with E-state index in [2.05, 4.69) is 15.9 Å². The van der Waals surface area contributed by atoms with Crippen molar-refractivity contribution in [3.63, 3.8) is 0 Å². The summed E-state index contributed by atoms with van der Waals surface area (Å²) in [6.07, 6.45) is 0.607. The van der Waals surface area contributed by atoms with Gasteiger partial charge in [-0.1, -0.05) is 28.1 Å². The Morgan fingerprint density at radius 2 is 2.00 bits per heavy atom. The van der Waals surface area contributed by atoms with E-state index in [1.54, 1.807) is 0 Å². The molecule has 1 aromatic rings. The molecule has 0 amide bonds. The predicted octanol–water partition coefficient (Wildman–Crippen LogP) is 1.79. The molecule has 4 heteroatoms. The van der Waals surface area contributed by atoms with Crippen molar-refractivity contribution in [2.75, 3.05) is 0 Å². The third kappa shape index (κ3) is 3.89. The van der Waals surface area contributed by atoms with E-state index in [1.807, 2.05) is 24.3 Å². The van der Waals surface area contributed by atoms with E-state index in [9.17, 15) is 4.79 Å². The number of rotatable bonds is 4. The Hall–Kier alpha value is -0.870. The van der Waals surface area contributed by atoms with Crippen molar-refractivity contribution in [2.24, 2.45) is 5.73 Å². The van der Waals surface area contributed by atoms with Crippen LogP contribution in [0.15, 0.2) is 28.7 Å². The van der Waals surface area contributed by atoms with E-state index in [1.165, 1.54) is 0 Å². The Labute approximate surface area is 91.1 Å². The lowest BCUT2D eigenvalue weighted by Gasteiger charge is -2.08. The van der Waals surface area contributed by atoms with E-state index in [-0.39, 0.29) is 12.5 Å². The van der Waals surface area contributed by atoms with E-state index in [4.69, 9.17) is 10.8 Å². The molecule has 0 heterocycles. The Morgan fingerprint density at radius 3 is 2.50 bits per heavy atom. The van der Waals surface area contributed by atoms with Gasteiger partial charge in [0, 0.05) is 10.5 Å². The molecule has 0 aliphatic heterocycles. The minimum Gasteiger partial charge on any atom is -0.481 e. The van der Waals surface area contributed by atoms with Gasteiger partial charge in [0.2, 0.25) is 0 Å². The van der Waals surface area contributed by atoms with Gasteiger partial charge in [-0.3, -0.25) is 4.79 Å². The molecule has 0 unspecified atom stereocenters. The molecular formula is C10H12BrNO2. The van der Waals surface area contributed by atoms with Gasteiger partial charge in [-0.15, -0.1) is 0 Å². The number of hydrogen-bond acceptors (Lipinski definition) is 2. The van der Waals surface area contributed by atoms with Gasteiger partial charge >= 0.3 is 5.97 Å². The molecule has 0 saturated carbocycles. The lowest BCUT2D eigenvalue weighted by molar-refractivity contribution is -0.137. The lowest BCUT2D eigenvalue weighted by atomic mass is 10.0. The van der Waals surface area contributed by atoms with Crippen LogP contribution in [0.25, 0.3) is 0 Å². The summed E-state index contributed by atoms with van der Waals surface area (Å²) in [4.78, 5) is 10.4. The summed E-state index contributed by atoms with van der Waals surface area (Å²) < 4.78 is 1.01. The number of benzene rings is 1. The smallest absolute Gasteiger partial charge is 0.304 e. The second-order valence-electron chi connectivity index (χ2n) is 3.19. The van der Waals surface area contributed by atoms with Crippen LogP contribution in [0.3, 0.4) is 0 Å². The van der Waals surface area contributed by atoms with Crippen molar-refractivity contribution in [1.82, 2.24) is 0 Å². The first kappa shape index (κ1) is 11.2. The van der Waals surface area contributed by atoms with Crippen LogP contribution < -0.4 is 5.73 Å². The standard InChI is InChI=1S/C10H12BrNO2/c11-8-3-1-7(2-4-8)5-9(12)6-10(13)14/h1-4,9H,5-6,12H2,(H,13,14)/t9-/m0/s1. The zero-order valence-electron chi connectivity index (χ0n) is 7.61. The highest BCUT2D eigenvalue weighted by Gasteiger charge is 2.08. The van der Waals surface area contributed by atoms with E-state index in [0.717, 1.165) is 10.0 Å². The van der Waals surface area contributed by atoms with Gasteiger partial charge in [-0.25, -0.2) is 0 Å². The predicted molar refractivity (Wildman–Crippen MR) is 58.1 cm³/mol. The lowest BCUT2D eigenvalue weighted by Crippen LogP contribution is -2.26. The number of aliphatic carboxylic acids is 1. The highest BCUT2D eigenvalue weighted by atomic mass is 79.9. The maximum Gasteiger partial charge on any atom is 0.304 e. The van der Waals surface area contributed by atoms with Crippen LogP contribution in [0.2, 0.25) is 0 Å². The number of carboxylic acid groups (broad SMARTS) is 1. The van der Waals surface area contributed by atoms with Gasteiger partial charge in [0.15, 0.2) is 0 Å². The zero-order valence-corrected chi connectivity index (χ0v) is 9.20. The molecule has 0 aliphatic carbocycles. The second kappa shape index (κ2) is 5.12. The minimum absolute atomic E-state index is 0.00998. The molecule has 3 N–H and O–H groups in total. The van der Waals surface area contributed by atoms with Gasteiger partial charge < -0.3 is 10.8 Å². The molecular weight excluding hydrogens is 246 g/mol. The van der Waals surface area contributed by atoms with E-state index in [0.29, 0.717) is 6.42 Å². The third-order valence-corrected chi connectivity index (χ3v) is 2.38. The van der Waals surface area contributed by atoms with Crippen molar-refractivity contribution in [2.45, 2.75) is 18.9 Å². The average molecular weight is 258 g/mol. The van der Waals surface area contributed by atoms with Crippen LogP contribution in [0.5, 0.6) is 0 Å². The average Bonchev–Trinajstić information content (AvgIpc) is 2.07. The fraction of sp³-hybridized carbons (Fsp3) is 0.300. The monoisotopic (exact) mass is 257 g/mol. The van der Waals surface area contributed by atoms with Crippen LogP contribution in [-0.4, -0.2) is 17.1 Å². The highest BCUT2D eigenvalue weighted by molar-refractivity contribution is 9.10. The van der Waals surface area contributed by atoms with Gasteiger partial charge in [-0.05, 0) is 24.1 Å². The van der Waals surface area contributed by atoms with Crippen LogP contribution in [-0.2, 0) is 11.2 Å². The quantitative estimate of drug-likeness (QED) is 0.865. The number of carboxylic acids is 1.